The fraction of sp³-hybridized carbons (Fsp3) is 0.459. The van der Waals surface area contributed by atoms with Crippen LogP contribution < -0.4 is 0 Å². The van der Waals surface area contributed by atoms with E-state index >= 15 is 0 Å². The molecule has 0 aromatic heterocycles. The van der Waals surface area contributed by atoms with Crippen LogP contribution in [0.1, 0.15) is 68.3 Å². The van der Waals surface area contributed by atoms with E-state index < -0.39 is 46.9 Å². The molecule has 47 heavy (non-hydrogen) atoms. The third-order valence-corrected chi connectivity index (χ3v) is 11.5. The van der Waals surface area contributed by atoms with Crippen molar-refractivity contribution in [2.45, 2.75) is 70.5 Å². The van der Waals surface area contributed by atoms with Crippen molar-refractivity contribution in [2.75, 3.05) is 6.61 Å². The molecule has 0 aliphatic heterocycles. The number of aryl methyl sites for hydroxylation is 1. The van der Waals surface area contributed by atoms with Gasteiger partial charge in [0.1, 0.15) is 5.60 Å². The number of aromatic carboxylic acids is 1. The Morgan fingerprint density at radius 1 is 1.02 bits per heavy atom. The van der Waals surface area contributed by atoms with Gasteiger partial charge < -0.3 is 20.1 Å². The second-order valence-corrected chi connectivity index (χ2v) is 13.9. The number of carboxylic acids is 1. The van der Waals surface area contributed by atoms with Gasteiger partial charge in [-0.05, 0) is 98.4 Å². The Bertz CT molecular complexity index is 1700. The summed E-state index contributed by atoms with van der Waals surface area (Å²) in [6.45, 7) is 3.42. The number of rotatable bonds is 9. The van der Waals surface area contributed by atoms with Crippen molar-refractivity contribution < 1.29 is 39.2 Å². The van der Waals surface area contributed by atoms with Crippen molar-refractivity contribution in [3.8, 4) is 0 Å². The summed E-state index contributed by atoms with van der Waals surface area (Å²) < 4.78 is 5.40. The molecule has 7 unspecified atom stereocenters. The minimum absolute atomic E-state index is 0.00530. The van der Waals surface area contributed by atoms with E-state index in [1.54, 1.807) is 36.4 Å². The minimum atomic E-state index is -1.73. The monoisotopic (exact) mass is 640 g/mol. The Labute approximate surface area is 273 Å². The van der Waals surface area contributed by atoms with Crippen molar-refractivity contribution in [1.82, 2.24) is 0 Å². The molecule has 2 aromatic carbocycles. The summed E-state index contributed by atoms with van der Waals surface area (Å²) in [5, 5.41) is 41.0. The molecule has 6 rings (SSSR count). The summed E-state index contributed by atoms with van der Waals surface area (Å²) in [5.41, 5.74) is -0.0860. The molecule has 0 saturated heterocycles. The summed E-state index contributed by atoms with van der Waals surface area (Å²) in [6.07, 6.45) is 7.36. The number of azo groups is 1. The summed E-state index contributed by atoms with van der Waals surface area (Å²) >= 11 is 0. The van der Waals surface area contributed by atoms with E-state index in [0.717, 1.165) is 24.0 Å². The van der Waals surface area contributed by atoms with Crippen LogP contribution in [0.25, 0.3) is 0 Å². The lowest BCUT2D eigenvalue weighted by atomic mass is 9.46. The number of aliphatic hydroxyl groups is 2. The number of fused-ring (bicyclic) bond motifs is 5. The normalized spacial score (nSPS) is 32.7. The largest absolute Gasteiger partial charge is 0.478 e. The number of ether oxygens (including phenoxy) is 1. The van der Waals surface area contributed by atoms with Crippen LogP contribution in [-0.4, -0.2) is 57.1 Å². The molecule has 0 amide bonds. The van der Waals surface area contributed by atoms with Crippen molar-refractivity contribution in [1.29, 1.82) is 0 Å². The lowest BCUT2D eigenvalue weighted by Gasteiger charge is -2.59. The number of aliphatic hydroxyl groups excluding tert-OH is 1. The summed E-state index contributed by atoms with van der Waals surface area (Å²) in [7, 11) is 0. The highest BCUT2D eigenvalue weighted by Crippen LogP contribution is 2.67. The molecule has 4 aliphatic carbocycles. The second-order valence-electron chi connectivity index (χ2n) is 13.9. The lowest BCUT2D eigenvalue weighted by Crippen LogP contribution is -2.61. The first-order valence-electron chi connectivity index (χ1n) is 16.2. The number of carbonyl (C=O) groups is 4. The fourth-order valence-corrected chi connectivity index (χ4v) is 8.96. The summed E-state index contributed by atoms with van der Waals surface area (Å²) in [6, 6.07) is 13.2. The number of carboxylic acid groups (broad SMARTS) is 1. The van der Waals surface area contributed by atoms with Crippen molar-refractivity contribution in [2.24, 2.45) is 38.8 Å². The molecule has 0 radical (unpaired) electrons. The van der Waals surface area contributed by atoms with Crippen molar-refractivity contribution in [3.05, 3.63) is 83.5 Å². The third kappa shape index (κ3) is 5.78. The number of hydrogen-bond acceptors (Lipinski definition) is 9. The molecule has 0 heterocycles. The van der Waals surface area contributed by atoms with Crippen LogP contribution in [0.5, 0.6) is 0 Å². The average molecular weight is 641 g/mol. The van der Waals surface area contributed by atoms with E-state index in [4.69, 9.17) is 9.84 Å². The molecule has 3 fully saturated rings. The Kier molecular flexibility index (Phi) is 8.61. The zero-order chi connectivity index (χ0) is 33.6. The molecule has 7 atom stereocenters. The molecule has 3 saturated carbocycles. The number of allylic oxidation sites excluding steroid dienone is 4. The van der Waals surface area contributed by atoms with E-state index in [0.29, 0.717) is 17.8 Å². The zero-order valence-corrected chi connectivity index (χ0v) is 26.6. The second kappa shape index (κ2) is 12.4. The number of esters is 1. The summed E-state index contributed by atoms with van der Waals surface area (Å²) in [5.74, 6) is -2.22. The number of benzene rings is 2. The lowest BCUT2D eigenvalue weighted by molar-refractivity contribution is -0.181. The Hall–Kier alpha value is -4.28. The van der Waals surface area contributed by atoms with Crippen LogP contribution in [0, 0.1) is 28.6 Å². The van der Waals surface area contributed by atoms with Gasteiger partial charge in [0, 0.05) is 23.2 Å². The van der Waals surface area contributed by atoms with Crippen molar-refractivity contribution >= 4 is 34.9 Å². The Morgan fingerprint density at radius 3 is 2.51 bits per heavy atom. The molecule has 0 spiro atoms. The smallest absolute Gasteiger partial charge is 0.335 e. The van der Waals surface area contributed by atoms with Crippen LogP contribution in [-0.2, 0) is 25.5 Å². The molecule has 10 heteroatoms. The average Bonchev–Trinajstić information content (AvgIpc) is 3.32. The van der Waals surface area contributed by atoms with Gasteiger partial charge in [0.05, 0.1) is 23.0 Å². The van der Waals surface area contributed by atoms with E-state index in [1.165, 1.54) is 12.1 Å². The van der Waals surface area contributed by atoms with Crippen molar-refractivity contribution in [3.63, 3.8) is 0 Å². The van der Waals surface area contributed by atoms with Crippen LogP contribution >= 0.6 is 0 Å². The van der Waals surface area contributed by atoms with Gasteiger partial charge in [0.25, 0.3) is 0 Å². The molecule has 3 N–H and O–H groups in total. The Morgan fingerprint density at radius 2 is 1.77 bits per heavy atom. The predicted molar refractivity (Wildman–Crippen MR) is 171 cm³/mol. The highest BCUT2D eigenvalue weighted by molar-refractivity contribution is 6.01. The van der Waals surface area contributed by atoms with Gasteiger partial charge in [-0.15, -0.1) is 0 Å². The molecular weight excluding hydrogens is 600 g/mol. The van der Waals surface area contributed by atoms with E-state index in [1.807, 2.05) is 25.1 Å². The van der Waals surface area contributed by atoms with Gasteiger partial charge in [-0.3, -0.25) is 14.4 Å². The first-order chi connectivity index (χ1) is 22.4. The standard InChI is InChI=1S/C37H40N2O8/c1-35-17-15-26(40)19-24(35)10-13-27-28-16-18-37(46,36(28,2)20-30(41)33(27)35)31(42)21-47-32(43)14-9-22-5-3-4-6-29(22)39-38-25-11-7-23(8-12-25)34(44)45/h3-8,11-12,15,17,19,27-28,30,33,41,46H,9-10,13-14,16,18,20-21H2,1-2H3,(H,44,45). The number of hydrogen-bond donors (Lipinski definition) is 3. The van der Waals surface area contributed by atoms with Crippen LogP contribution in [0.3, 0.4) is 0 Å². The van der Waals surface area contributed by atoms with E-state index in [9.17, 15) is 29.4 Å². The summed E-state index contributed by atoms with van der Waals surface area (Å²) in [4.78, 5) is 49.5. The SMILES string of the molecule is CC12C=CC(=O)C=C1CCC1C2C(O)CC2(C)C1CCC2(O)C(=O)COC(=O)CCc1ccccc1N=Nc1ccc(C(=O)O)cc1. The maximum absolute atomic E-state index is 13.6. The quantitative estimate of drug-likeness (QED) is 0.227. The maximum Gasteiger partial charge on any atom is 0.335 e. The minimum Gasteiger partial charge on any atom is -0.478 e. The number of Topliss-reactive ketones (excluding diaryl/α,β-unsaturated/α-hetero) is 1. The predicted octanol–water partition coefficient (Wildman–Crippen LogP) is 5.85. The first kappa shape index (κ1) is 32.7. The number of nitrogens with zero attached hydrogens (tertiary/aromatic N) is 2. The third-order valence-electron chi connectivity index (χ3n) is 11.5. The molecule has 10 nitrogen and oxygen atoms in total. The topological polar surface area (TPSA) is 163 Å². The van der Waals surface area contributed by atoms with Gasteiger partial charge in [-0.25, -0.2) is 4.79 Å². The molecule has 2 aromatic rings. The van der Waals surface area contributed by atoms with Gasteiger partial charge in [-0.2, -0.15) is 10.2 Å². The van der Waals surface area contributed by atoms with Gasteiger partial charge >= 0.3 is 11.9 Å². The van der Waals surface area contributed by atoms with Crippen LogP contribution in [0.2, 0.25) is 0 Å². The zero-order valence-electron chi connectivity index (χ0n) is 26.6. The molecule has 246 valence electrons. The highest BCUT2D eigenvalue weighted by atomic mass is 16.5. The maximum atomic E-state index is 13.6. The van der Waals surface area contributed by atoms with E-state index in [-0.39, 0.29) is 54.8 Å². The first-order valence-corrected chi connectivity index (χ1v) is 16.2. The fourth-order valence-electron chi connectivity index (χ4n) is 8.96. The van der Waals surface area contributed by atoms with Gasteiger partial charge in [0.2, 0.25) is 5.78 Å². The highest BCUT2D eigenvalue weighted by Gasteiger charge is 2.68. The van der Waals surface area contributed by atoms with Gasteiger partial charge in [-0.1, -0.05) is 43.7 Å². The van der Waals surface area contributed by atoms with Gasteiger partial charge in [0.15, 0.2) is 12.4 Å². The molecular formula is C37H40N2O8. The Balaban J connectivity index is 1.07. The van der Waals surface area contributed by atoms with Crippen LogP contribution in [0.4, 0.5) is 11.4 Å². The number of ketones is 2. The van der Waals surface area contributed by atoms with Crippen LogP contribution in [0.15, 0.2) is 82.6 Å². The number of carbonyl (C=O) groups excluding carboxylic acids is 3. The molecule has 4 aliphatic rings. The van der Waals surface area contributed by atoms with E-state index in [2.05, 4.69) is 17.2 Å². The molecule has 0 bridgehead atoms.